The largest absolute Gasteiger partial charge is 0.496 e. The number of halogens is 1. The molecule has 0 bridgehead atoms. The van der Waals surface area contributed by atoms with Crippen molar-refractivity contribution in [2.75, 3.05) is 7.11 Å². The number of amides is 1. The minimum Gasteiger partial charge on any atom is -0.496 e. The van der Waals surface area contributed by atoms with Crippen LogP contribution in [0.2, 0.25) is 0 Å². The van der Waals surface area contributed by atoms with E-state index < -0.39 is 11.3 Å². The molecule has 0 aliphatic carbocycles. The van der Waals surface area contributed by atoms with Crippen LogP contribution >= 0.6 is 0 Å². The maximum Gasteiger partial charge on any atom is 0.287 e. The average molecular weight is 383 g/mol. The van der Waals surface area contributed by atoms with Crippen molar-refractivity contribution in [2.24, 2.45) is 0 Å². The van der Waals surface area contributed by atoms with Gasteiger partial charge in [-0.15, -0.1) is 0 Å². The molecule has 1 heterocycles. The molecule has 0 saturated heterocycles. The molecule has 6 nitrogen and oxygen atoms in total. The Morgan fingerprint density at radius 1 is 1.11 bits per heavy atom. The number of hydrogen-bond acceptors (Lipinski definition) is 5. The van der Waals surface area contributed by atoms with E-state index in [1.54, 1.807) is 25.3 Å². The number of methoxy groups -OCH3 is 1. The first-order valence-corrected chi connectivity index (χ1v) is 8.47. The summed E-state index contributed by atoms with van der Waals surface area (Å²) < 4.78 is 28.7. The first-order valence-electron chi connectivity index (χ1n) is 8.47. The number of carbonyl (C=O) groups is 1. The highest BCUT2D eigenvalue weighted by atomic mass is 19.1. The quantitative estimate of drug-likeness (QED) is 0.677. The molecule has 1 amide bonds. The lowest BCUT2D eigenvalue weighted by atomic mass is 10.2. The predicted octanol–water partition coefficient (Wildman–Crippen LogP) is 3.30. The second-order valence-electron chi connectivity index (χ2n) is 5.88. The summed E-state index contributed by atoms with van der Waals surface area (Å²) in [6, 6.07) is 14.0. The van der Waals surface area contributed by atoms with Gasteiger partial charge in [-0.05, 0) is 23.8 Å². The summed E-state index contributed by atoms with van der Waals surface area (Å²) in [5.41, 5.74) is 0.996. The molecule has 2 aromatic carbocycles. The molecule has 0 atom stereocenters. The summed E-state index contributed by atoms with van der Waals surface area (Å²) in [4.78, 5) is 24.4. The summed E-state index contributed by atoms with van der Waals surface area (Å²) >= 11 is 0. The van der Waals surface area contributed by atoms with Gasteiger partial charge in [0.2, 0.25) is 11.2 Å². The van der Waals surface area contributed by atoms with Crippen molar-refractivity contribution in [1.82, 2.24) is 5.32 Å². The zero-order valence-electron chi connectivity index (χ0n) is 15.1. The Morgan fingerprint density at radius 2 is 1.86 bits per heavy atom. The van der Waals surface area contributed by atoms with Crippen molar-refractivity contribution < 1.29 is 23.1 Å². The van der Waals surface area contributed by atoms with Gasteiger partial charge in [-0.3, -0.25) is 9.59 Å². The molecule has 1 aromatic heterocycles. The number of nitrogens with one attached hydrogen (secondary N) is 1. The number of hydrogen-bond donors (Lipinski definition) is 1. The summed E-state index contributed by atoms with van der Waals surface area (Å²) in [5.74, 6) is -0.409. The third-order valence-electron chi connectivity index (χ3n) is 3.96. The van der Waals surface area contributed by atoms with E-state index in [9.17, 15) is 14.0 Å². The monoisotopic (exact) mass is 383 g/mol. The van der Waals surface area contributed by atoms with Crippen LogP contribution in [-0.2, 0) is 13.2 Å². The van der Waals surface area contributed by atoms with Crippen molar-refractivity contribution in [1.29, 1.82) is 0 Å². The summed E-state index contributed by atoms with van der Waals surface area (Å²) in [7, 11) is 1.55. The second-order valence-corrected chi connectivity index (χ2v) is 5.88. The van der Waals surface area contributed by atoms with Gasteiger partial charge in [0.1, 0.15) is 24.4 Å². The highest BCUT2D eigenvalue weighted by Gasteiger charge is 2.13. The summed E-state index contributed by atoms with van der Waals surface area (Å²) in [6.07, 6.45) is 1.09. The van der Waals surface area contributed by atoms with E-state index in [0.29, 0.717) is 11.3 Å². The maximum atomic E-state index is 12.9. The van der Waals surface area contributed by atoms with E-state index in [0.717, 1.165) is 17.9 Å². The number of ether oxygens (including phenoxy) is 2. The second kappa shape index (κ2) is 8.85. The molecule has 0 radical (unpaired) electrons. The maximum absolute atomic E-state index is 12.9. The van der Waals surface area contributed by atoms with Gasteiger partial charge in [0.05, 0.1) is 7.11 Å². The van der Waals surface area contributed by atoms with Gasteiger partial charge in [0.15, 0.2) is 5.76 Å². The Hall–Kier alpha value is -3.61. The molecule has 1 N–H and O–H groups in total. The lowest BCUT2D eigenvalue weighted by molar-refractivity contribution is 0.0919. The van der Waals surface area contributed by atoms with Crippen LogP contribution in [0.5, 0.6) is 11.5 Å². The SMILES string of the molecule is COc1ccccc1CNC(=O)c1cc(=O)c(OCc2ccc(F)cc2)co1. The van der Waals surface area contributed by atoms with Crippen molar-refractivity contribution in [3.05, 3.63) is 93.8 Å². The normalized spacial score (nSPS) is 10.4. The molecular weight excluding hydrogens is 365 g/mol. The molecule has 28 heavy (non-hydrogen) atoms. The predicted molar refractivity (Wildman–Crippen MR) is 99.9 cm³/mol. The van der Waals surface area contributed by atoms with Crippen molar-refractivity contribution >= 4 is 5.91 Å². The Labute approximate surface area is 160 Å². The topological polar surface area (TPSA) is 77.8 Å². The number of carbonyl (C=O) groups excluding carboxylic acids is 1. The summed E-state index contributed by atoms with van der Waals surface area (Å²) in [6.45, 7) is 0.291. The van der Waals surface area contributed by atoms with E-state index in [1.807, 2.05) is 18.2 Å². The number of rotatable bonds is 7. The standard InChI is InChI=1S/C21H18FNO5/c1-26-18-5-3-2-4-15(18)11-23-21(25)19-10-17(24)20(13-28-19)27-12-14-6-8-16(22)9-7-14/h2-10,13H,11-12H2,1H3,(H,23,25). The van der Waals surface area contributed by atoms with E-state index in [4.69, 9.17) is 13.9 Å². The highest BCUT2D eigenvalue weighted by Crippen LogP contribution is 2.17. The molecular formula is C21H18FNO5. The Kier molecular flexibility index (Phi) is 6.06. The summed E-state index contributed by atoms with van der Waals surface area (Å²) in [5, 5.41) is 2.67. The number of para-hydroxylation sites is 1. The molecule has 3 aromatic rings. The third kappa shape index (κ3) is 4.76. The molecule has 3 rings (SSSR count). The Balaban J connectivity index is 1.62. The van der Waals surface area contributed by atoms with Crippen LogP contribution < -0.4 is 20.2 Å². The molecule has 144 valence electrons. The zero-order chi connectivity index (χ0) is 19.9. The molecule has 0 saturated carbocycles. The van der Waals surface area contributed by atoms with Crippen LogP contribution in [0.1, 0.15) is 21.7 Å². The number of benzene rings is 2. The molecule has 0 aliphatic heterocycles. The van der Waals surface area contributed by atoms with Crippen LogP contribution in [0.4, 0.5) is 4.39 Å². The van der Waals surface area contributed by atoms with Gasteiger partial charge in [-0.2, -0.15) is 0 Å². The molecule has 0 aliphatic rings. The van der Waals surface area contributed by atoms with Crippen LogP contribution in [0.25, 0.3) is 0 Å². The zero-order valence-corrected chi connectivity index (χ0v) is 15.1. The van der Waals surface area contributed by atoms with Gasteiger partial charge in [0, 0.05) is 18.2 Å². The van der Waals surface area contributed by atoms with Crippen molar-refractivity contribution in [3.63, 3.8) is 0 Å². The van der Waals surface area contributed by atoms with E-state index in [-0.39, 0.29) is 30.5 Å². The van der Waals surface area contributed by atoms with E-state index >= 15 is 0 Å². The minimum atomic E-state index is -0.534. The smallest absolute Gasteiger partial charge is 0.287 e. The Bertz CT molecular complexity index is 1010. The van der Waals surface area contributed by atoms with E-state index in [1.165, 1.54) is 12.1 Å². The highest BCUT2D eigenvalue weighted by molar-refractivity contribution is 5.91. The molecule has 0 fully saturated rings. The molecule has 0 unspecified atom stereocenters. The lowest BCUT2D eigenvalue weighted by Crippen LogP contribution is -2.24. The van der Waals surface area contributed by atoms with Gasteiger partial charge < -0.3 is 19.2 Å². The fraction of sp³-hybridized carbons (Fsp3) is 0.143. The first-order chi connectivity index (χ1) is 13.6. The Morgan fingerprint density at radius 3 is 2.57 bits per heavy atom. The first kappa shape index (κ1) is 19.2. The lowest BCUT2D eigenvalue weighted by Gasteiger charge is -2.09. The van der Waals surface area contributed by atoms with Gasteiger partial charge in [0.25, 0.3) is 5.91 Å². The minimum absolute atomic E-state index is 0.0365. The molecule has 0 spiro atoms. The van der Waals surface area contributed by atoms with Crippen molar-refractivity contribution in [3.8, 4) is 11.5 Å². The van der Waals surface area contributed by atoms with Crippen LogP contribution in [-0.4, -0.2) is 13.0 Å². The third-order valence-corrected chi connectivity index (χ3v) is 3.96. The van der Waals surface area contributed by atoms with Crippen LogP contribution in [0.3, 0.4) is 0 Å². The van der Waals surface area contributed by atoms with E-state index in [2.05, 4.69) is 5.32 Å². The fourth-order valence-corrected chi connectivity index (χ4v) is 2.48. The van der Waals surface area contributed by atoms with Gasteiger partial charge in [-0.1, -0.05) is 30.3 Å². The van der Waals surface area contributed by atoms with Crippen molar-refractivity contribution in [2.45, 2.75) is 13.2 Å². The van der Waals surface area contributed by atoms with Crippen LogP contribution in [0.15, 0.2) is 70.1 Å². The van der Waals surface area contributed by atoms with Gasteiger partial charge >= 0.3 is 0 Å². The van der Waals surface area contributed by atoms with Gasteiger partial charge in [-0.25, -0.2) is 4.39 Å². The van der Waals surface area contributed by atoms with Crippen LogP contribution in [0, 0.1) is 5.82 Å². The molecule has 7 heteroatoms. The average Bonchev–Trinajstić information content (AvgIpc) is 2.72. The fourth-order valence-electron chi connectivity index (χ4n) is 2.48.